The zero-order chi connectivity index (χ0) is 46.7. The molecule has 5 heterocycles. The second-order valence-corrected chi connectivity index (χ2v) is 26.6. The van der Waals surface area contributed by atoms with Crippen molar-refractivity contribution < 1.29 is 4.74 Å². The maximum atomic E-state index is 7.28. The van der Waals surface area contributed by atoms with E-state index in [1.807, 2.05) is 6.20 Å². The van der Waals surface area contributed by atoms with Gasteiger partial charge in [-0.1, -0.05) is 78.9 Å². The molecular weight excluding hydrogens is 920 g/mol. The number of allylic oxidation sites excluding steroid dienone is 1. The molecule has 10 aromatic rings. The number of para-hydroxylation sites is 3. The van der Waals surface area contributed by atoms with Gasteiger partial charge in [0, 0.05) is 0 Å². The summed E-state index contributed by atoms with van der Waals surface area (Å²) in [5.74, 6) is 2.59. The molecule has 1 atom stereocenters. The third-order valence-corrected chi connectivity index (χ3v) is 24.2. The summed E-state index contributed by atoms with van der Waals surface area (Å²) in [5, 5.41) is 1.39. The second kappa shape index (κ2) is 15.6. The predicted molar refractivity (Wildman–Crippen MR) is 292 cm³/mol. The number of rotatable bonds is 7. The van der Waals surface area contributed by atoms with E-state index in [0.29, 0.717) is 11.5 Å². The average Bonchev–Trinajstić information content (AvgIpc) is 4.14. The first-order valence-corrected chi connectivity index (χ1v) is 27.9. The van der Waals surface area contributed by atoms with E-state index in [4.69, 9.17) is 9.72 Å². The van der Waals surface area contributed by atoms with Crippen LogP contribution in [0.25, 0.3) is 56.2 Å². The molecule has 0 saturated carbocycles. The average molecular weight is 970 g/mol. The Morgan fingerprint density at radius 2 is 1.17 bits per heavy atom. The van der Waals surface area contributed by atoms with Crippen LogP contribution in [0.5, 0.6) is 11.5 Å². The first-order chi connectivity index (χ1) is 34.4. The fourth-order valence-electron chi connectivity index (χ4n) is 12.0. The topological polar surface area (TPSA) is 33.5 Å². The molecule has 0 radical (unpaired) electrons. The van der Waals surface area contributed by atoms with Crippen LogP contribution in [0.3, 0.4) is 0 Å². The van der Waals surface area contributed by atoms with Gasteiger partial charge < -0.3 is 0 Å². The summed E-state index contributed by atoms with van der Waals surface area (Å²) < 4.78 is 14.2. The summed E-state index contributed by atoms with van der Waals surface area (Å²) in [6.07, 6.45) is 7.79. The van der Waals surface area contributed by atoms with E-state index in [1.165, 1.54) is 74.7 Å². The molecule has 70 heavy (non-hydrogen) atoms. The molecule has 0 fully saturated rings. The first-order valence-electron chi connectivity index (χ1n) is 24.4. The van der Waals surface area contributed by atoms with Crippen LogP contribution in [-0.2, 0) is 5.41 Å². The molecule has 0 saturated heterocycles. The Bertz CT molecular complexity index is 3670. The number of anilines is 4. The molecule has 6 heteroatoms. The molecule has 0 bridgehead atoms. The van der Waals surface area contributed by atoms with Crippen LogP contribution >= 0.6 is 0 Å². The molecular formula is C64H50N4OSe. The van der Waals surface area contributed by atoms with Crippen molar-refractivity contribution in [1.29, 1.82) is 0 Å². The van der Waals surface area contributed by atoms with Gasteiger partial charge in [0.25, 0.3) is 0 Å². The van der Waals surface area contributed by atoms with Crippen LogP contribution in [0, 0.1) is 0 Å². The number of hydrogen-bond donors (Lipinski definition) is 0. The van der Waals surface area contributed by atoms with Crippen molar-refractivity contribution in [2.24, 2.45) is 0 Å². The maximum absolute atomic E-state index is 7.28. The van der Waals surface area contributed by atoms with E-state index >= 15 is 0 Å². The van der Waals surface area contributed by atoms with Gasteiger partial charge in [0.2, 0.25) is 0 Å². The van der Waals surface area contributed by atoms with Crippen molar-refractivity contribution in [3.8, 4) is 50.7 Å². The van der Waals surface area contributed by atoms with Gasteiger partial charge >= 0.3 is 324 Å². The number of pyridine rings is 1. The summed E-state index contributed by atoms with van der Waals surface area (Å²) in [5.41, 5.74) is 17.3. The van der Waals surface area contributed by atoms with Crippen LogP contribution in [0.4, 0.5) is 22.7 Å². The van der Waals surface area contributed by atoms with Gasteiger partial charge in [-0.2, -0.15) is 0 Å². The van der Waals surface area contributed by atoms with Crippen LogP contribution in [0.2, 0.25) is 0 Å². The van der Waals surface area contributed by atoms with Crippen molar-refractivity contribution in [2.75, 3.05) is 16.5 Å². The zero-order valence-electron chi connectivity index (χ0n) is 39.4. The molecule has 14 rings (SSSR count). The SMILES string of the molecule is CC(C)(C)c1ccnc(-n2c3c4c5c(cc(Oc6cccc(N7CN(c8c(-c9ccccc9)cccc8-c8ccccc8)c8ccccc87)c6)cc52)[Se]2(c5ccccc5-c5ccccc52)C4CC=C3)c1. The van der Waals surface area contributed by atoms with E-state index in [-0.39, 0.29) is 5.41 Å². The number of fused-ring (bicyclic) bond motifs is 8. The standard InChI is InChI=1S/C64H50N4OSe/c1-64(2,3)44-35-36-65-60(37-44)68-54-31-18-34-58-61(54)62-55(68)39-47(40-59(62)70(58)56-32-14-10-25-50(56)51-26-11-15-33-57(51)70)69-46-24-16-23-45(38-46)66-41-67(53-30-13-12-29-52(53)66)63-48(42-19-6-4-7-20-42)27-17-28-49(63)43-21-8-5-9-22-43/h4-33,35-40,58H,34,41H2,1-3H3. The summed E-state index contributed by atoms with van der Waals surface area (Å²) in [4.78, 5) is 10.4. The fourth-order valence-corrected chi connectivity index (χ4v) is 22.7. The van der Waals surface area contributed by atoms with Crippen molar-refractivity contribution in [3.63, 3.8) is 0 Å². The van der Waals surface area contributed by atoms with E-state index in [9.17, 15) is 0 Å². The number of aromatic nitrogens is 2. The van der Waals surface area contributed by atoms with Crippen molar-refractivity contribution >= 4 is 66.0 Å². The molecule has 4 aliphatic rings. The predicted octanol–water partition coefficient (Wildman–Crippen LogP) is 14.2. The Labute approximate surface area is 411 Å². The molecule has 0 N–H and O–H groups in total. The molecule has 3 aliphatic heterocycles. The fraction of sp³-hybridized carbons (Fsp3) is 0.109. The third-order valence-electron chi connectivity index (χ3n) is 15.0. The molecule has 8 aromatic carbocycles. The molecule has 2 aromatic heterocycles. The van der Waals surface area contributed by atoms with E-state index in [0.717, 1.165) is 46.3 Å². The quantitative estimate of drug-likeness (QED) is 0.149. The van der Waals surface area contributed by atoms with Crippen molar-refractivity contribution in [2.45, 2.75) is 37.4 Å². The molecule has 1 unspecified atom stereocenters. The van der Waals surface area contributed by atoms with Gasteiger partial charge in [-0.05, 0) is 11.1 Å². The van der Waals surface area contributed by atoms with Crippen molar-refractivity contribution in [3.05, 3.63) is 229 Å². The van der Waals surface area contributed by atoms with Crippen LogP contribution < -0.4 is 27.9 Å². The minimum absolute atomic E-state index is 0.0297. The van der Waals surface area contributed by atoms with Crippen LogP contribution in [0.1, 0.15) is 48.8 Å². The van der Waals surface area contributed by atoms with Crippen molar-refractivity contribution in [1.82, 2.24) is 9.55 Å². The summed E-state index contributed by atoms with van der Waals surface area (Å²) in [6.45, 7) is 7.47. The van der Waals surface area contributed by atoms with E-state index in [2.05, 4.69) is 247 Å². The molecule has 338 valence electrons. The van der Waals surface area contributed by atoms with Crippen LogP contribution in [-0.4, -0.2) is 29.1 Å². The number of nitrogens with zero attached hydrogens (tertiary/aromatic N) is 4. The summed E-state index contributed by atoms with van der Waals surface area (Å²) in [7, 11) is 0. The Kier molecular flexibility index (Phi) is 9.14. The third kappa shape index (κ3) is 6.00. The van der Waals surface area contributed by atoms with Gasteiger partial charge in [-0.3, -0.25) is 0 Å². The normalized spacial score (nSPS) is 16.1. The number of ether oxygens (including phenoxy) is 1. The molecule has 5 nitrogen and oxygen atoms in total. The first kappa shape index (κ1) is 41.1. The zero-order valence-corrected chi connectivity index (χ0v) is 41.1. The molecule has 0 amide bonds. The minimum atomic E-state index is -2.92. The van der Waals surface area contributed by atoms with Gasteiger partial charge in [-0.25, -0.2) is 0 Å². The Hall–Kier alpha value is -7.89. The molecule has 1 spiro atoms. The second-order valence-electron chi connectivity index (χ2n) is 19.9. The summed E-state index contributed by atoms with van der Waals surface area (Å²) in [6, 6.07) is 73.5. The van der Waals surface area contributed by atoms with Crippen LogP contribution in [0.15, 0.2) is 212 Å². The van der Waals surface area contributed by atoms with E-state index in [1.54, 1.807) is 0 Å². The Balaban J connectivity index is 0.920. The van der Waals surface area contributed by atoms with Gasteiger partial charge in [0.15, 0.2) is 0 Å². The summed E-state index contributed by atoms with van der Waals surface area (Å²) >= 11 is -2.92. The van der Waals surface area contributed by atoms with Gasteiger partial charge in [0.05, 0.1) is 0 Å². The molecule has 1 aliphatic carbocycles. The number of benzene rings is 8. The Morgan fingerprint density at radius 3 is 1.86 bits per heavy atom. The monoisotopic (exact) mass is 970 g/mol. The Morgan fingerprint density at radius 1 is 0.557 bits per heavy atom. The number of hydrogen-bond acceptors (Lipinski definition) is 4. The van der Waals surface area contributed by atoms with Gasteiger partial charge in [0.1, 0.15) is 0 Å². The van der Waals surface area contributed by atoms with Gasteiger partial charge in [-0.15, -0.1) is 0 Å². The van der Waals surface area contributed by atoms with E-state index < -0.39 is 12.8 Å².